The zero-order chi connectivity index (χ0) is 9.84. The predicted octanol–water partition coefficient (Wildman–Crippen LogP) is 3.56. The first-order chi connectivity index (χ1) is 6.15. The van der Waals surface area contributed by atoms with Crippen molar-refractivity contribution < 1.29 is 0 Å². The fraction of sp³-hybridized carbons (Fsp3) is 0.667. The first-order valence-electron chi connectivity index (χ1n) is 5.10. The summed E-state index contributed by atoms with van der Waals surface area (Å²) in [7, 11) is 0. The maximum Gasteiger partial charge on any atom is 0.00612 e. The SMILES string of the molecule is CCC=C=C(C)C1CC1CC(C)=N. The van der Waals surface area contributed by atoms with Gasteiger partial charge in [-0.2, -0.15) is 0 Å². The molecule has 1 aliphatic rings. The molecule has 1 fully saturated rings. The summed E-state index contributed by atoms with van der Waals surface area (Å²) in [6.45, 7) is 6.19. The highest BCUT2D eigenvalue weighted by atomic mass is 14.5. The van der Waals surface area contributed by atoms with Crippen LogP contribution in [0.5, 0.6) is 0 Å². The first-order valence-corrected chi connectivity index (χ1v) is 5.10. The molecule has 0 aromatic rings. The normalized spacial score (nSPS) is 24.8. The van der Waals surface area contributed by atoms with Crippen LogP contribution in [0.3, 0.4) is 0 Å². The Bertz CT molecular complexity index is 256. The molecule has 1 saturated carbocycles. The quantitative estimate of drug-likeness (QED) is 0.501. The van der Waals surface area contributed by atoms with E-state index in [0.717, 1.165) is 30.4 Å². The molecular weight excluding hydrogens is 158 g/mol. The van der Waals surface area contributed by atoms with Crippen LogP contribution in [-0.4, -0.2) is 5.71 Å². The van der Waals surface area contributed by atoms with Gasteiger partial charge in [-0.25, -0.2) is 0 Å². The molecule has 2 unspecified atom stereocenters. The van der Waals surface area contributed by atoms with E-state index in [9.17, 15) is 0 Å². The Morgan fingerprint density at radius 2 is 2.23 bits per heavy atom. The van der Waals surface area contributed by atoms with E-state index in [0.29, 0.717) is 0 Å². The average Bonchev–Trinajstić information content (AvgIpc) is 2.78. The minimum atomic E-state index is 0.725. The van der Waals surface area contributed by atoms with Gasteiger partial charge < -0.3 is 5.41 Å². The Morgan fingerprint density at radius 3 is 2.77 bits per heavy atom. The van der Waals surface area contributed by atoms with Crippen molar-refractivity contribution in [3.63, 3.8) is 0 Å². The molecule has 2 atom stereocenters. The molecule has 72 valence electrons. The highest BCUT2D eigenvalue weighted by Crippen LogP contribution is 2.45. The molecule has 1 nitrogen and oxygen atoms in total. The van der Waals surface area contributed by atoms with Gasteiger partial charge in [-0.05, 0) is 56.6 Å². The fourth-order valence-corrected chi connectivity index (χ4v) is 1.77. The van der Waals surface area contributed by atoms with Crippen molar-refractivity contribution in [2.75, 3.05) is 0 Å². The second kappa shape index (κ2) is 4.43. The molecule has 1 heteroatoms. The Hall–Kier alpha value is -0.810. The van der Waals surface area contributed by atoms with Crippen molar-refractivity contribution in [3.05, 3.63) is 17.4 Å². The lowest BCUT2D eigenvalue weighted by molar-refractivity contribution is 0.800. The largest absolute Gasteiger partial charge is 0.310 e. The maximum atomic E-state index is 7.40. The van der Waals surface area contributed by atoms with Crippen LogP contribution >= 0.6 is 0 Å². The third-order valence-corrected chi connectivity index (χ3v) is 2.58. The van der Waals surface area contributed by atoms with Crippen molar-refractivity contribution >= 4 is 5.71 Å². The molecule has 0 heterocycles. The molecule has 1 aliphatic carbocycles. The summed E-state index contributed by atoms with van der Waals surface area (Å²) in [6.07, 6.45) is 5.42. The van der Waals surface area contributed by atoms with Gasteiger partial charge in [-0.1, -0.05) is 6.92 Å². The molecule has 0 aromatic heterocycles. The molecule has 0 amide bonds. The van der Waals surface area contributed by atoms with E-state index < -0.39 is 0 Å². The zero-order valence-electron chi connectivity index (χ0n) is 8.85. The number of rotatable bonds is 4. The highest BCUT2D eigenvalue weighted by Gasteiger charge is 2.37. The summed E-state index contributed by atoms with van der Waals surface area (Å²) in [6, 6.07) is 0. The van der Waals surface area contributed by atoms with E-state index in [1.165, 1.54) is 12.0 Å². The summed E-state index contributed by atoms with van der Waals surface area (Å²) >= 11 is 0. The lowest BCUT2D eigenvalue weighted by Gasteiger charge is -1.96. The van der Waals surface area contributed by atoms with Gasteiger partial charge in [0.2, 0.25) is 0 Å². The minimum Gasteiger partial charge on any atom is -0.310 e. The van der Waals surface area contributed by atoms with Crippen LogP contribution < -0.4 is 0 Å². The van der Waals surface area contributed by atoms with Crippen molar-refractivity contribution in [1.82, 2.24) is 0 Å². The highest BCUT2D eigenvalue weighted by molar-refractivity contribution is 5.79. The lowest BCUT2D eigenvalue weighted by Crippen LogP contribution is -1.92. The van der Waals surface area contributed by atoms with Gasteiger partial charge in [-0.15, -0.1) is 5.73 Å². The fourth-order valence-electron chi connectivity index (χ4n) is 1.77. The molecule has 0 bridgehead atoms. The molecule has 0 saturated heterocycles. The summed E-state index contributed by atoms with van der Waals surface area (Å²) in [5.41, 5.74) is 5.52. The molecule has 0 radical (unpaired) electrons. The number of allylic oxidation sites excluding steroid dienone is 1. The number of nitrogens with one attached hydrogen (secondary N) is 1. The maximum absolute atomic E-state index is 7.40. The Morgan fingerprint density at radius 1 is 1.54 bits per heavy atom. The van der Waals surface area contributed by atoms with E-state index in [2.05, 4.69) is 25.7 Å². The van der Waals surface area contributed by atoms with Crippen LogP contribution in [0.4, 0.5) is 0 Å². The van der Waals surface area contributed by atoms with Crippen LogP contribution in [0.2, 0.25) is 0 Å². The summed E-state index contributed by atoms with van der Waals surface area (Å²) < 4.78 is 0. The summed E-state index contributed by atoms with van der Waals surface area (Å²) in [4.78, 5) is 0. The molecule has 1 rings (SSSR count). The van der Waals surface area contributed by atoms with Crippen LogP contribution in [0.1, 0.15) is 40.0 Å². The molecule has 0 spiro atoms. The van der Waals surface area contributed by atoms with Crippen molar-refractivity contribution in [2.45, 2.75) is 40.0 Å². The van der Waals surface area contributed by atoms with Gasteiger partial charge in [0.25, 0.3) is 0 Å². The Labute approximate surface area is 81.1 Å². The van der Waals surface area contributed by atoms with Crippen molar-refractivity contribution in [2.24, 2.45) is 11.8 Å². The van der Waals surface area contributed by atoms with Gasteiger partial charge in [0.15, 0.2) is 0 Å². The molecule has 1 N–H and O–H groups in total. The van der Waals surface area contributed by atoms with Gasteiger partial charge in [0.05, 0.1) is 0 Å². The van der Waals surface area contributed by atoms with Gasteiger partial charge in [0, 0.05) is 5.71 Å². The van der Waals surface area contributed by atoms with E-state index in [1.54, 1.807) is 0 Å². The average molecular weight is 177 g/mol. The predicted molar refractivity (Wildman–Crippen MR) is 57.2 cm³/mol. The second-order valence-corrected chi connectivity index (χ2v) is 4.03. The van der Waals surface area contributed by atoms with Gasteiger partial charge in [-0.3, -0.25) is 0 Å². The van der Waals surface area contributed by atoms with Crippen LogP contribution in [0.25, 0.3) is 0 Å². The summed E-state index contributed by atoms with van der Waals surface area (Å²) in [5.74, 6) is 1.47. The molecule has 0 aromatic carbocycles. The smallest absolute Gasteiger partial charge is 0.00612 e. The third kappa shape index (κ3) is 3.20. The number of hydrogen-bond acceptors (Lipinski definition) is 1. The summed E-state index contributed by atoms with van der Waals surface area (Å²) in [5, 5.41) is 7.40. The second-order valence-electron chi connectivity index (χ2n) is 4.03. The molecule has 0 aliphatic heterocycles. The topological polar surface area (TPSA) is 23.9 Å². The number of hydrogen-bond donors (Lipinski definition) is 1. The Balaban J connectivity index is 2.42. The molecular formula is C12H19N. The standard InChI is InChI=1S/C12H19N/c1-4-5-6-9(2)12-8-11(12)7-10(3)13/h5,11-13H,4,7-8H2,1-3H3. The lowest BCUT2D eigenvalue weighted by atomic mass is 10.1. The van der Waals surface area contributed by atoms with Crippen LogP contribution in [-0.2, 0) is 0 Å². The van der Waals surface area contributed by atoms with Crippen LogP contribution in [0.15, 0.2) is 17.4 Å². The van der Waals surface area contributed by atoms with Gasteiger partial charge >= 0.3 is 0 Å². The first kappa shape index (κ1) is 10.3. The van der Waals surface area contributed by atoms with Crippen molar-refractivity contribution in [1.29, 1.82) is 5.41 Å². The van der Waals surface area contributed by atoms with Crippen LogP contribution in [0, 0.1) is 17.2 Å². The Kier molecular flexibility index (Phi) is 3.50. The minimum absolute atomic E-state index is 0.725. The zero-order valence-corrected chi connectivity index (χ0v) is 8.85. The van der Waals surface area contributed by atoms with E-state index in [-0.39, 0.29) is 0 Å². The van der Waals surface area contributed by atoms with E-state index in [4.69, 9.17) is 5.41 Å². The van der Waals surface area contributed by atoms with Crippen molar-refractivity contribution in [3.8, 4) is 0 Å². The monoisotopic (exact) mass is 177 g/mol. The van der Waals surface area contributed by atoms with E-state index >= 15 is 0 Å². The van der Waals surface area contributed by atoms with E-state index in [1.807, 2.05) is 6.92 Å². The third-order valence-electron chi connectivity index (χ3n) is 2.58. The molecule has 13 heavy (non-hydrogen) atoms. The van der Waals surface area contributed by atoms with Gasteiger partial charge in [0.1, 0.15) is 0 Å².